The van der Waals surface area contributed by atoms with Crippen molar-refractivity contribution in [1.82, 2.24) is 15.2 Å². The molecule has 0 saturated carbocycles. The molecule has 0 aromatic carbocycles. The third kappa shape index (κ3) is 6.20. The molecular weight excluding hydrogens is 242 g/mol. The van der Waals surface area contributed by atoms with Crippen molar-refractivity contribution in [2.75, 3.05) is 27.2 Å². The Bertz CT molecular complexity index is 388. The van der Waals surface area contributed by atoms with Gasteiger partial charge >= 0.3 is 0 Å². The van der Waals surface area contributed by atoms with Gasteiger partial charge in [-0.25, -0.2) is 0 Å². The summed E-state index contributed by atoms with van der Waals surface area (Å²) in [7, 11) is 3.40. The lowest BCUT2D eigenvalue weighted by Crippen LogP contribution is -2.27. The fourth-order valence-electron chi connectivity index (χ4n) is 1.36. The van der Waals surface area contributed by atoms with E-state index < -0.39 is 0 Å². The minimum absolute atomic E-state index is 0.0413. The number of hydrogen-bond donors (Lipinski definition) is 1. The molecular formula is C14H23N3O2. The number of nitrogens with zero attached hydrogens (tertiary/aromatic N) is 2. The average molecular weight is 265 g/mol. The maximum absolute atomic E-state index is 11.4. The van der Waals surface area contributed by atoms with E-state index in [0.29, 0.717) is 11.7 Å². The Kier molecular flexibility index (Phi) is 6.29. The van der Waals surface area contributed by atoms with Gasteiger partial charge in [0, 0.05) is 20.6 Å². The van der Waals surface area contributed by atoms with Gasteiger partial charge in [-0.15, -0.1) is 0 Å². The number of amides is 1. The number of ether oxygens (including phenoxy) is 1. The molecule has 0 aliphatic carbocycles. The van der Waals surface area contributed by atoms with Crippen molar-refractivity contribution in [2.24, 2.45) is 5.92 Å². The highest BCUT2D eigenvalue weighted by Crippen LogP contribution is 2.09. The van der Waals surface area contributed by atoms with Gasteiger partial charge in [0.15, 0.2) is 6.61 Å². The van der Waals surface area contributed by atoms with E-state index in [0.717, 1.165) is 18.8 Å². The summed E-state index contributed by atoms with van der Waals surface area (Å²) in [5.74, 6) is 1.17. The molecule has 0 spiro atoms. The van der Waals surface area contributed by atoms with Crippen LogP contribution in [-0.2, 0) is 11.3 Å². The van der Waals surface area contributed by atoms with E-state index in [4.69, 9.17) is 4.74 Å². The van der Waals surface area contributed by atoms with Crippen molar-refractivity contribution >= 4 is 5.91 Å². The fraction of sp³-hybridized carbons (Fsp3) is 0.571. The molecule has 0 bridgehead atoms. The summed E-state index contributed by atoms with van der Waals surface area (Å²) in [6.45, 7) is 6.09. The average Bonchev–Trinajstić information content (AvgIpc) is 2.37. The number of likely N-dealkylation sites (N-methyl/N-ethyl adjacent to an activating group) is 1. The van der Waals surface area contributed by atoms with Crippen molar-refractivity contribution in [3.8, 4) is 5.75 Å². The standard InChI is InChI=1S/C14H23N3O2/c1-11(2)7-15-8-12-5-6-13(9-16-12)19-10-14(18)17(3)4/h5-6,9,11,15H,7-8,10H2,1-4H3. The molecule has 0 fully saturated rings. The normalized spacial score (nSPS) is 10.6. The summed E-state index contributed by atoms with van der Waals surface area (Å²) in [4.78, 5) is 17.1. The van der Waals surface area contributed by atoms with E-state index >= 15 is 0 Å². The number of carbonyl (C=O) groups is 1. The zero-order valence-corrected chi connectivity index (χ0v) is 12.1. The SMILES string of the molecule is CC(C)CNCc1ccc(OCC(=O)N(C)C)cn1. The van der Waals surface area contributed by atoms with Crippen LogP contribution in [0.1, 0.15) is 19.5 Å². The Morgan fingerprint density at radius 2 is 2.16 bits per heavy atom. The second-order valence-electron chi connectivity index (χ2n) is 5.09. The smallest absolute Gasteiger partial charge is 0.259 e. The number of pyridine rings is 1. The highest BCUT2D eigenvalue weighted by atomic mass is 16.5. The first-order valence-corrected chi connectivity index (χ1v) is 6.47. The predicted octanol–water partition coefficient (Wildman–Crippen LogP) is 1.29. The Morgan fingerprint density at radius 1 is 1.42 bits per heavy atom. The summed E-state index contributed by atoms with van der Waals surface area (Å²) >= 11 is 0. The Balaban J connectivity index is 2.37. The van der Waals surface area contributed by atoms with Gasteiger partial charge in [-0.05, 0) is 24.6 Å². The number of aromatic nitrogens is 1. The third-order valence-corrected chi connectivity index (χ3v) is 2.52. The highest BCUT2D eigenvalue weighted by molar-refractivity contribution is 5.77. The molecule has 0 radical (unpaired) electrons. The lowest BCUT2D eigenvalue weighted by atomic mass is 10.2. The van der Waals surface area contributed by atoms with Crippen molar-refractivity contribution < 1.29 is 9.53 Å². The summed E-state index contributed by atoms with van der Waals surface area (Å²) in [6, 6.07) is 3.74. The number of carbonyl (C=O) groups excluding carboxylic acids is 1. The number of rotatable bonds is 7. The molecule has 0 unspecified atom stereocenters. The second kappa shape index (κ2) is 7.74. The monoisotopic (exact) mass is 265 g/mol. The van der Waals surface area contributed by atoms with Crippen molar-refractivity contribution in [1.29, 1.82) is 0 Å². The minimum atomic E-state index is -0.0670. The largest absolute Gasteiger partial charge is 0.482 e. The summed E-state index contributed by atoms with van der Waals surface area (Å²) in [6.07, 6.45) is 1.65. The maximum Gasteiger partial charge on any atom is 0.259 e. The van der Waals surface area contributed by atoms with Crippen LogP contribution in [0.15, 0.2) is 18.3 Å². The molecule has 1 amide bonds. The van der Waals surface area contributed by atoms with Gasteiger partial charge in [-0.3, -0.25) is 9.78 Å². The quantitative estimate of drug-likeness (QED) is 0.807. The van der Waals surface area contributed by atoms with E-state index in [-0.39, 0.29) is 12.5 Å². The van der Waals surface area contributed by atoms with Crippen molar-refractivity contribution in [3.05, 3.63) is 24.0 Å². The molecule has 5 heteroatoms. The molecule has 0 aliphatic heterocycles. The van der Waals surface area contributed by atoms with Gasteiger partial charge in [0.1, 0.15) is 5.75 Å². The van der Waals surface area contributed by atoms with Crippen LogP contribution in [0.4, 0.5) is 0 Å². The van der Waals surface area contributed by atoms with Gasteiger partial charge in [0.2, 0.25) is 0 Å². The van der Waals surface area contributed by atoms with Crippen LogP contribution in [-0.4, -0.2) is 43.0 Å². The van der Waals surface area contributed by atoms with Crippen molar-refractivity contribution in [2.45, 2.75) is 20.4 Å². The van der Waals surface area contributed by atoms with Gasteiger partial charge in [-0.2, -0.15) is 0 Å². The zero-order chi connectivity index (χ0) is 14.3. The lowest BCUT2D eigenvalue weighted by molar-refractivity contribution is -0.130. The van der Waals surface area contributed by atoms with Crippen LogP contribution >= 0.6 is 0 Å². The van der Waals surface area contributed by atoms with E-state index in [1.165, 1.54) is 4.90 Å². The third-order valence-electron chi connectivity index (χ3n) is 2.52. The molecule has 1 aromatic rings. The molecule has 1 heterocycles. The van der Waals surface area contributed by atoms with Gasteiger partial charge < -0.3 is 15.0 Å². The first kappa shape index (κ1) is 15.4. The Hall–Kier alpha value is -1.62. The van der Waals surface area contributed by atoms with Crippen LogP contribution in [0.2, 0.25) is 0 Å². The van der Waals surface area contributed by atoms with Gasteiger partial charge in [0.25, 0.3) is 5.91 Å². The summed E-state index contributed by atoms with van der Waals surface area (Å²) in [5, 5.41) is 3.32. The number of hydrogen-bond acceptors (Lipinski definition) is 4. The summed E-state index contributed by atoms with van der Waals surface area (Å²) < 4.78 is 5.35. The molecule has 106 valence electrons. The van der Waals surface area contributed by atoms with E-state index in [2.05, 4.69) is 24.1 Å². The van der Waals surface area contributed by atoms with E-state index in [1.807, 2.05) is 12.1 Å². The second-order valence-corrected chi connectivity index (χ2v) is 5.09. The summed E-state index contributed by atoms with van der Waals surface area (Å²) in [5.41, 5.74) is 0.965. The molecule has 1 N–H and O–H groups in total. The van der Waals surface area contributed by atoms with Crippen LogP contribution in [0.3, 0.4) is 0 Å². The maximum atomic E-state index is 11.4. The zero-order valence-electron chi connectivity index (χ0n) is 12.1. The first-order valence-electron chi connectivity index (χ1n) is 6.47. The van der Waals surface area contributed by atoms with Gasteiger partial charge in [0.05, 0.1) is 11.9 Å². The predicted molar refractivity (Wildman–Crippen MR) is 75.0 cm³/mol. The van der Waals surface area contributed by atoms with Crippen LogP contribution in [0.5, 0.6) is 5.75 Å². The Labute approximate surface area is 115 Å². The fourth-order valence-corrected chi connectivity index (χ4v) is 1.36. The van der Waals surface area contributed by atoms with Crippen LogP contribution < -0.4 is 10.1 Å². The van der Waals surface area contributed by atoms with E-state index in [9.17, 15) is 4.79 Å². The van der Waals surface area contributed by atoms with Gasteiger partial charge in [-0.1, -0.05) is 13.8 Å². The molecule has 5 nitrogen and oxygen atoms in total. The molecule has 0 aliphatic rings. The topological polar surface area (TPSA) is 54.5 Å². The molecule has 19 heavy (non-hydrogen) atoms. The van der Waals surface area contributed by atoms with Crippen molar-refractivity contribution in [3.63, 3.8) is 0 Å². The van der Waals surface area contributed by atoms with Crippen LogP contribution in [0.25, 0.3) is 0 Å². The lowest BCUT2D eigenvalue weighted by Gasteiger charge is -2.11. The highest BCUT2D eigenvalue weighted by Gasteiger charge is 2.05. The molecule has 1 rings (SSSR count). The van der Waals surface area contributed by atoms with E-state index in [1.54, 1.807) is 20.3 Å². The molecule has 1 aromatic heterocycles. The molecule has 0 saturated heterocycles. The first-order chi connectivity index (χ1) is 8.99. The van der Waals surface area contributed by atoms with Crippen LogP contribution in [0, 0.1) is 5.92 Å². The minimum Gasteiger partial charge on any atom is -0.482 e. The Morgan fingerprint density at radius 3 is 2.68 bits per heavy atom. The molecule has 0 atom stereocenters. The number of nitrogens with one attached hydrogen (secondary N) is 1.